The minimum Gasteiger partial charge on any atom is -0.507 e. The van der Waals surface area contributed by atoms with Crippen molar-refractivity contribution in [2.24, 2.45) is 0 Å². The Kier molecular flexibility index (Phi) is 5.18. The maximum absolute atomic E-state index is 12.9. The summed E-state index contributed by atoms with van der Waals surface area (Å²) in [4.78, 5) is 27.2. The Labute approximate surface area is 173 Å². The molecule has 1 aromatic carbocycles. The van der Waals surface area contributed by atoms with Crippen LogP contribution in [0.4, 0.5) is 0 Å². The first kappa shape index (κ1) is 19.6. The lowest BCUT2D eigenvalue weighted by Gasteiger charge is -2.22. The largest absolute Gasteiger partial charge is 0.507 e. The van der Waals surface area contributed by atoms with Gasteiger partial charge in [0.15, 0.2) is 0 Å². The van der Waals surface area contributed by atoms with Crippen LogP contribution in [-0.2, 0) is 16.1 Å². The van der Waals surface area contributed by atoms with Crippen molar-refractivity contribution in [2.45, 2.75) is 26.4 Å². The normalized spacial score (nSPS) is 18.2. The predicted octanol–water partition coefficient (Wildman–Crippen LogP) is 4.20. The highest BCUT2D eigenvalue weighted by Crippen LogP contribution is 2.41. The fraction of sp³-hybridized carbons (Fsp3) is 0.217. The van der Waals surface area contributed by atoms with E-state index in [2.05, 4.69) is 0 Å². The summed E-state index contributed by atoms with van der Waals surface area (Å²) >= 11 is 0. The molecule has 1 fully saturated rings. The molecule has 1 unspecified atom stereocenters. The summed E-state index contributed by atoms with van der Waals surface area (Å²) in [5.74, 6) is 0.303. The third-order valence-electron chi connectivity index (χ3n) is 4.90. The molecule has 0 aliphatic carbocycles. The predicted molar refractivity (Wildman–Crippen MR) is 108 cm³/mol. The number of aryl methyl sites for hydroxylation is 1. The molecular formula is C23H21NO6. The zero-order chi connectivity index (χ0) is 21.3. The van der Waals surface area contributed by atoms with Crippen LogP contribution in [0.1, 0.15) is 35.8 Å². The third-order valence-corrected chi connectivity index (χ3v) is 4.90. The van der Waals surface area contributed by atoms with Crippen molar-refractivity contribution in [3.63, 3.8) is 0 Å². The van der Waals surface area contributed by atoms with Crippen LogP contribution in [0.5, 0.6) is 5.75 Å². The van der Waals surface area contributed by atoms with Crippen molar-refractivity contribution in [2.75, 3.05) is 6.61 Å². The zero-order valence-electron chi connectivity index (χ0n) is 16.6. The van der Waals surface area contributed by atoms with E-state index in [1.165, 1.54) is 11.2 Å². The Morgan fingerprint density at radius 3 is 2.67 bits per heavy atom. The topological polar surface area (TPSA) is 93.1 Å². The number of Topliss-reactive ketones (excluding diaryl/α,β-unsaturated/α-hetero) is 1. The Hall–Kier alpha value is -3.74. The maximum Gasteiger partial charge on any atom is 0.296 e. The molecule has 0 spiro atoms. The lowest BCUT2D eigenvalue weighted by atomic mass is 9.99. The highest BCUT2D eigenvalue weighted by molar-refractivity contribution is 6.46. The van der Waals surface area contributed by atoms with Gasteiger partial charge in [-0.2, -0.15) is 0 Å². The van der Waals surface area contributed by atoms with Gasteiger partial charge < -0.3 is 23.6 Å². The number of ether oxygens (including phenoxy) is 1. The molecular weight excluding hydrogens is 386 g/mol. The number of amides is 1. The number of hydrogen-bond acceptors (Lipinski definition) is 6. The summed E-state index contributed by atoms with van der Waals surface area (Å²) < 4.78 is 16.6. The van der Waals surface area contributed by atoms with Crippen molar-refractivity contribution < 1.29 is 28.3 Å². The van der Waals surface area contributed by atoms with Gasteiger partial charge in [0.25, 0.3) is 11.7 Å². The number of benzene rings is 1. The van der Waals surface area contributed by atoms with Gasteiger partial charge in [0.1, 0.15) is 34.8 Å². The molecule has 1 aliphatic rings. The molecule has 3 heterocycles. The fourth-order valence-corrected chi connectivity index (χ4v) is 3.57. The Balaban J connectivity index is 1.83. The van der Waals surface area contributed by atoms with Crippen LogP contribution < -0.4 is 4.74 Å². The van der Waals surface area contributed by atoms with Crippen LogP contribution >= 0.6 is 0 Å². The van der Waals surface area contributed by atoms with Crippen LogP contribution in [-0.4, -0.2) is 28.3 Å². The minimum absolute atomic E-state index is 0.0328. The highest BCUT2D eigenvalue weighted by atomic mass is 16.5. The number of rotatable bonds is 6. The molecule has 1 aliphatic heterocycles. The Bertz CT molecular complexity index is 1110. The molecule has 0 saturated carbocycles. The van der Waals surface area contributed by atoms with E-state index in [1.807, 2.05) is 6.92 Å². The summed E-state index contributed by atoms with van der Waals surface area (Å²) in [5.41, 5.74) is 0.347. The van der Waals surface area contributed by atoms with Gasteiger partial charge in [-0.15, -0.1) is 0 Å². The molecule has 7 nitrogen and oxygen atoms in total. The average Bonchev–Trinajstić information content (AvgIpc) is 3.45. The van der Waals surface area contributed by atoms with Gasteiger partial charge >= 0.3 is 0 Å². The van der Waals surface area contributed by atoms with Crippen molar-refractivity contribution >= 4 is 17.4 Å². The number of nitrogens with zero attached hydrogens (tertiary/aromatic N) is 1. The van der Waals surface area contributed by atoms with Crippen LogP contribution in [0.2, 0.25) is 0 Å². The van der Waals surface area contributed by atoms with E-state index in [9.17, 15) is 14.7 Å². The summed E-state index contributed by atoms with van der Waals surface area (Å²) in [6.07, 6.45) is 1.50. The molecule has 7 heteroatoms. The molecule has 2 aromatic heterocycles. The fourth-order valence-electron chi connectivity index (χ4n) is 3.57. The molecule has 1 atom stereocenters. The molecule has 0 radical (unpaired) electrons. The molecule has 30 heavy (non-hydrogen) atoms. The minimum atomic E-state index is -0.875. The van der Waals surface area contributed by atoms with Crippen molar-refractivity contribution in [3.05, 3.63) is 83.2 Å². The van der Waals surface area contributed by atoms with Crippen molar-refractivity contribution in [1.29, 1.82) is 0 Å². The first-order chi connectivity index (χ1) is 14.5. The molecule has 1 amide bonds. The van der Waals surface area contributed by atoms with Gasteiger partial charge in [-0.25, -0.2) is 0 Å². The lowest BCUT2D eigenvalue weighted by molar-refractivity contribution is -0.140. The highest BCUT2D eigenvalue weighted by Gasteiger charge is 2.47. The average molecular weight is 407 g/mol. The van der Waals surface area contributed by atoms with Gasteiger partial charge in [0, 0.05) is 5.56 Å². The molecule has 1 saturated heterocycles. The van der Waals surface area contributed by atoms with Gasteiger partial charge in [-0.3, -0.25) is 9.59 Å². The lowest BCUT2D eigenvalue weighted by Crippen LogP contribution is -2.28. The first-order valence-corrected chi connectivity index (χ1v) is 9.60. The SMILES string of the molecule is CCOc1cccc(C(O)=C2C(=O)C(=O)N(Cc3ccco3)C2c2ccc(C)o2)c1. The number of aliphatic hydroxyl groups excluding tert-OH is 1. The van der Waals surface area contributed by atoms with E-state index < -0.39 is 17.7 Å². The number of furan rings is 2. The molecule has 4 rings (SSSR count). The summed E-state index contributed by atoms with van der Waals surface area (Å²) in [6.45, 7) is 4.15. The number of carbonyl (C=O) groups is 2. The number of carbonyl (C=O) groups excluding carboxylic acids is 2. The maximum atomic E-state index is 12.9. The number of likely N-dealkylation sites (tertiary alicyclic amines) is 1. The number of aliphatic hydroxyl groups is 1. The van der Waals surface area contributed by atoms with Crippen LogP contribution in [0.25, 0.3) is 5.76 Å². The van der Waals surface area contributed by atoms with Gasteiger partial charge in [0.2, 0.25) is 0 Å². The molecule has 3 aromatic rings. The van der Waals surface area contributed by atoms with Crippen molar-refractivity contribution in [3.8, 4) is 5.75 Å². The van der Waals surface area contributed by atoms with Gasteiger partial charge in [0.05, 0.1) is 25.0 Å². The Morgan fingerprint density at radius 2 is 2.00 bits per heavy atom. The Morgan fingerprint density at radius 1 is 1.17 bits per heavy atom. The van der Waals surface area contributed by atoms with E-state index >= 15 is 0 Å². The van der Waals surface area contributed by atoms with Gasteiger partial charge in [-0.05, 0) is 50.2 Å². The molecule has 1 N–H and O–H groups in total. The van der Waals surface area contributed by atoms with Crippen LogP contribution in [0.3, 0.4) is 0 Å². The smallest absolute Gasteiger partial charge is 0.296 e. The summed E-state index contributed by atoms with van der Waals surface area (Å²) in [6, 6.07) is 12.7. The van der Waals surface area contributed by atoms with E-state index in [-0.39, 0.29) is 17.9 Å². The quantitative estimate of drug-likeness (QED) is 0.374. The number of ketones is 1. The van der Waals surface area contributed by atoms with Crippen LogP contribution in [0.15, 0.2) is 69.2 Å². The first-order valence-electron chi connectivity index (χ1n) is 9.60. The van der Waals surface area contributed by atoms with Gasteiger partial charge in [-0.1, -0.05) is 12.1 Å². The summed E-state index contributed by atoms with van der Waals surface area (Å²) in [5, 5.41) is 11.0. The van der Waals surface area contributed by atoms with Crippen molar-refractivity contribution in [1.82, 2.24) is 4.90 Å². The molecule has 154 valence electrons. The monoisotopic (exact) mass is 407 g/mol. The van der Waals surface area contributed by atoms with E-state index in [4.69, 9.17) is 13.6 Å². The summed E-state index contributed by atoms with van der Waals surface area (Å²) in [7, 11) is 0. The third kappa shape index (κ3) is 3.50. The second kappa shape index (κ2) is 7.94. The van der Waals surface area contributed by atoms with E-state index in [1.54, 1.807) is 55.5 Å². The van der Waals surface area contributed by atoms with Crippen LogP contribution in [0, 0.1) is 6.92 Å². The molecule has 0 bridgehead atoms. The van der Waals surface area contributed by atoms with E-state index in [0.717, 1.165) is 0 Å². The number of hydrogen-bond donors (Lipinski definition) is 1. The van der Waals surface area contributed by atoms with E-state index in [0.29, 0.717) is 35.2 Å². The second-order valence-electron chi connectivity index (χ2n) is 6.92. The zero-order valence-corrected chi connectivity index (χ0v) is 16.6. The second-order valence-corrected chi connectivity index (χ2v) is 6.92. The standard InChI is InChI=1S/C23H21NO6/c1-3-28-16-7-4-6-15(12-16)21(25)19-20(18-10-9-14(2)30-18)24(23(27)22(19)26)13-17-8-5-11-29-17/h4-12,20,25H,3,13H2,1-2H3.